The maximum absolute atomic E-state index is 11.8. The maximum Gasteiger partial charge on any atom is 0.139 e. The highest BCUT2D eigenvalue weighted by atomic mass is 16.3. The van der Waals surface area contributed by atoms with Gasteiger partial charge in [0.05, 0.1) is 6.10 Å². The molecule has 0 heterocycles. The minimum Gasteiger partial charge on any atom is -0.392 e. The van der Waals surface area contributed by atoms with Gasteiger partial charge in [0.2, 0.25) is 0 Å². The first kappa shape index (κ1) is 7.98. The largest absolute Gasteiger partial charge is 0.392 e. The number of carbonyl (C=O) groups excluding carboxylic acids is 1. The van der Waals surface area contributed by atoms with Gasteiger partial charge in [-0.15, -0.1) is 0 Å². The van der Waals surface area contributed by atoms with E-state index in [2.05, 4.69) is 0 Å². The van der Waals surface area contributed by atoms with E-state index in [4.69, 9.17) is 0 Å². The smallest absolute Gasteiger partial charge is 0.139 e. The molecule has 3 rings (SSSR count). The number of ketones is 1. The third-order valence-electron chi connectivity index (χ3n) is 4.94. The Hall–Kier alpha value is -0.370. The molecule has 13 heavy (non-hydrogen) atoms. The summed E-state index contributed by atoms with van der Waals surface area (Å²) in [6.45, 7) is 0. The molecule has 0 aromatic rings. The van der Waals surface area contributed by atoms with Gasteiger partial charge in [-0.05, 0) is 25.7 Å². The molecule has 0 radical (unpaired) electrons. The molecule has 1 N–H and O–H groups in total. The molecular weight excluding hydrogens is 164 g/mol. The van der Waals surface area contributed by atoms with E-state index in [0.29, 0.717) is 5.78 Å². The van der Waals surface area contributed by atoms with Gasteiger partial charge in [0.25, 0.3) is 0 Å². The summed E-state index contributed by atoms with van der Waals surface area (Å²) in [4.78, 5) is 11.8. The van der Waals surface area contributed by atoms with Crippen LogP contribution in [0, 0.1) is 10.8 Å². The number of Topliss-reactive ketones (excluding diaryl/α,β-unsaturated/α-hetero) is 1. The quantitative estimate of drug-likeness (QED) is 0.615. The fourth-order valence-electron chi connectivity index (χ4n) is 4.18. The molecular formula is C11H16O2. The molecule has 3 saturated carbocycles. The molecule has 0 bridgehead atoms. The predicted molar refractivity (Wildman–Crippen MR) is 48.2 cm³/mol. The zero-order valence-electron chi connectivity index (χ0n) is 7.88. The summed E-state index contributed by atoms with van der Waals surface area (Å²) in [7, 11) is 0. The highest BCUT2D eigenvalue weighted by molar-refractivity contribution is 5.90. The summed E-state index contributed by atoms with van der Waals surface area (Å²) in [5.41, 5.74) is -0.00694. The van der Waals surface area contributed by atoms with E-state index in [9.17, 15) is 9.90 Å². The van der Waals surface area contributed by atoms with Crippen LogP contribution in [0.1, 0.15) is 44.9 Å². The first-order valence-electron chi connectivity index (χ1n) is 5.43. The molecule has 0 amide bonds. The van der Waals surface area contributed by atoms with Gasteiger partial charge in [0.15, 0.2) is 0 Å². The van der Waals surface area contributed by atoms with Crippen molar-refractivity contribution in [3.05, 3.63) is 0 Å². The summed E-state index contributed by atoms with van der Waals surface area (Å²) < 4.78 is 0. The minimum absolute atomic E-state index is 0.0440. The van der Waals surface area contributed by atoms with Crippen molar-refractivity contribution in [1.82, 2.24) is 0 Å². The van der Waals surface area contributed by atoms with E-state index in [1.54, 1.807) is 0 Å². The lowest BCUT2D eigenvalue weighted by Gasteiger charge is -2.60. The zero-order valence-corrected chi connectivity index (χ0v) is 7.88. The van der Waals surface area contributed by atoms with Crippen LogP contribution in [0.5, 0.6) is 0 Å². The van der Waals surface area contributed by atoms with E-state index >= 15 is 0 Å². The molecule has 3 unspecified atom stereocenters. The van der Waals surface area contributed by atoms with E-state index in [1.165, 1.54) is 12.8 Å². The molecule has 0 aromatic carbocycles. The van der Waals surface area contributed by atoms with Crippen LogP contribution in [0.3, 0.4) is 0 Å². The van der Waals surface area contributed by atoms with Gasteiger partial charge in [-0.1, -0.05) is 12.8 Å². The molecule has 2 heteroatoms. The van der Waals surface area contributed by atoms with Gasteiger partial charge in [-0.25, -0.2) is 0 Å². The normalized spacial score (nSPS) is 53.9. The lowest BCUT2D eigenvalue weighted by Crippen LogP contribution is -2.62. The second-order valence-electron chi connectivity index (χ2n) is 5.09. The summed E-state index contributed by atoms with van der Waals surface area (Å²) in [5.74, 6) is 0.456. The van der Waals surface area contributed by atoms with Crippen LogP contribution in [0.15, 0.2) is 0 Å². The minimum atomic E-state index is -0.167. The van der Waals surface area contributed by atoms with Crippen LogP contribution < -0.4 is 0 Å². The van der Waals surface area contributed by atoms with E-state index < -0.39 is 0 Å². The Morgan fingerprint density at radius 2 is 2.00 bits per heavy atom. The molecule has 0 aliphatic heterocycles. The highest BCUT2D eigenvalue weighted by Gasteiger charge is 2.71. The molecule has 72 valence electrons. The van der Waals surface area contributed by atoms with Crippen LogP contribution in [0.4, 0.5) is 0 Å². The van der Waals surface area contributed by atoms with Gasteiger partial charge in [-0.3, -0.25) is 4.79 Å². The van der Waals surface area contributed by atoms with Crippen LogP contribution in [-0.2, 0) is 4.79 Å². The monoisotopic (exact) mass is 180 g/mol. The molecule has 0 saturated heterocycles. The molecule has 0 aromatic heterocycles. The second kappa shape index (κ2) is 2.17. The Labute approximate surface area is 78.3 Å². The second-order valence-corrected chi connectivity index (χ2v) is 5.09. The maximum atomic E-state index is 11.8. The summed E-state index contributed by atoms with van der Waals surface area (Å²) in [6, 6.07) is 0. The van der Waals surface area contributed by atoms with Gasteiger partial charge in [0, 0.05) is 17.3 Å². The van der Waals surface area contributed by atoms with Crippen molar-refractivity contribution >= 4 is 5.78 Å². The number of rotatable bonds is 0. The van der Waals surface area contributed by atoms with Crippen LogP contribution in [-0.4, -0.2) is 17.0 Å². The summed E-state index contributed by atoms with van der Waals surface area (Å²) in [6.07, 6.45) is 6.87. The average Bonchev–Trinajstić information content (AvgIpc) is 2.37. The van der Waals surface area contributed by atoms with Gasteiger partial charge in [0.1, 0.15) is 5.78 Å². The molecule has 3 aliphatic carbocycles. The fourth-order valence-corrected chi connectivity index (χ4v) is 4.18. The standard InChI is InChI=1S/C11H16O2/c12-8-3-6-10-4-1-2-5-11(8,10)7-9(10)13/h9,13H,1-7H2. The molecule has 0 spiro atoms. The van der Waals surface area contributed by atoms with Gasteiger partial charge in [-0.2, -0.15) is 0 Å². The van der Waals surface area contributed by atoms with Crippen LogP contribution in [0.2, 0.25) is 0 Å². The first-order chi connectivity index (χ1) is 6.21. The average molecular weight is 180 g/mol. The number of aliphatic hydroxyl groups is 1. The third-order valence-corrected chi connectivity index (χ3v) is 4.94. The van der Waals surface area contributed by atoms with E-state index in [1.807, 2.05) is 0 Å². The zero-order chi connectivity index (χ0) is 9.10. The van der Waals surface area contributed by atoms with Crippen molar-refractivity contribution in [2.75, 3.05) is 0 Å². The summed E-state index contributed by atoms with van der Waals surface area (Å²) in [5, 5.41) is 9.86. The van der Waals surface area contributed by atoms with Crippen molar-refractivity contribution in [3.63, 3.8) is 0 Å². The van der Waals surface area contributed by atoms with Crippen LogP contribution >= 0.6 is 0 Å². The van der Waals surface area contributed by atoms with Crippen molar-refractivity contribution < 1.29 is 9.90 Å². The number of hydrogen-bond donors (Lipinski definition) is 1. The van der Waals surface area contributed by atoms with E-state index in [-0.39, 0.29) is 16.9 Å². The van der Waals surface area contributed by atoms with Crippen molar-refractivity contribution in [2.24, 2.45) is 10.8 Å². The SMILES string of the molecule is O=C1CCC23CCCCC12CC3O. The lowest BCUT2D eigenvalue weighted by molar-refractivity contribution is -0.196. The Morgan fingerprint density at radius 3 is 2.69 bits per heavy atom. The number of carbonyl (C=O) groups is 1. The Bertz CT molecular complexity index is 269. The first-order valence-corrected chi connectivity index (χ1v) is 5.43. The van der Waals surface area contributed by atoms with Crippen molar-refractivity contribution in [1.29, 1.82) is 0 Å². The van der Waals surface area contributed by atoms with Crippen molar-refractivity contribution in [3.8, 4) is 0 Å². The summed E-state index contributed by atoms with van der Waals surface area (Å²) >= 11 is 0. The van der Waals surface area contributed by atoms with E-state index in [0.717, 1.165) is 32.1 Å². The molecule has 3 fully saturated rings. The van der Waals surface area contributed by atoms with Gasteiger partial charge >= 0.3 is 0 Å². The number of aliphatic hydroxyl groups excluding tert-OH is 1. The van der Waals surface area contributed by atoms with Gasteiger partial charge < -0.3 is 5.11 Å². The third kappa shape index (κ3) is 0.653. The Kier molecular flexibility index (Phi) is 1.33. The topological polar surface area (TPSA) is 37.3 Å². The fraction of sp³-hybridized carbons (Fsp3) is 0.909. The van der Waals surface area contributed by atoms with Crippen molar-refractivity contribution in [2.45, 2.75) is 51.0 Å². The highest BCUT2D eigenvalue weighted by Crippen LogP contribution is 2.70. The predicted octanol–water partition coefficient (Wildman–Crippen LogP) is 1.66. The lowest BCUT2D eigenvalue weighted by atomic mass is 9.44. The Morgan fingerprint density at radius 1 is 1.23 bits per heavy atom. The Balaban J connectivity index is 2.05. The number of hydrogen-bond acceptors (Lipinski definition) is 2. The van der Waals surface area contributed by atoms with Crippen LogP contribution in [0.25, 0.3) is 0 Å². The molecule has 3 aliphatic rings. The molecule has 2 nitrogen and oxygen atoms in total. The molecule has 3 atom stereocenters.